The summed E-state index contributed by atoms with van der Waals surface area (Å²) in [4.78, 5) is 14.4. The lowest BCUT2D eigenvalue weighted by molar-refractivity contribution is 0.0261. The molecule has 2 atom stereocenters. The maximum Gasteiger partial charge on any atom is 0.508 e. The van der Waals surface area contributed by atoms with Crippen molar-refractivity contribution in [2.24, 2.45) is 0 Å². The van der Waals surface area contributed by atoms with E-state index in [1.165, 1.54) is 49.7 Å². The third kappa shape index (κ3) is 11.5. The highest BCUT2D eigenvalue weighted by Crippen LogP contribution is 2.25. The predicted molar refractivity (Wildman–Crippen MR) is 157 cm³/mol. The summed E-state index contributed by atoms with van der Waals surface area (Å²) in [6.45, 7) is 4.04. The van der Waals surface area contributed by atoms with Crippen molar-refractivity contribution in [2.45, 2.75) is 96.1 Å². The monoisotopic (exact) mass is 539 g/mol. The largest absolute Gasteiger partial charge is 0.508 e. The zero-order valence-corrected chi connectivity index (χ0v) is 24.4. The molecule has 1 heterocycles. The van der Waals surface area contributed by atoms with Gasteiger partial charge in [0.15, 0.2) is 0 Å². The molecule has 0 spiro atoms. The van der Waals surface area contributed by atoms with Gasteiger partial charge in [0.25, 0.3) is 0 Å². The molecule has 1 aliphatic rings. The first-order valence-electron chi connectivity index (χ1n) is 15.0. The van der Waals surface area contributed by atoms with Gasteiger partial charge in [-0.05, 0) is 62.1 Å². The van der Waals surface area contributed by atoms with Gasteiger partial charge in [-0.15, -0.1) is 0 Å². The molecule has 1 saturated heterocycles. The molecule has 216 valence electrons. The van der Waals surface area contributed by atoms with E-state index in [1.54, 1.807) is 7.11 Å². The van der Waals surface area contributed by atoms with Crippen LogP contribution >= 0.6 is 0 Å². The van der Waals surface area contributed by atoms with E-state index in [4.69, 9.17) is 18.9 Å². The predicted octanol–water partition coefficient (Wildman–Crippen LogP) is 7.62. The molecule has 6 heteroatoms. The lowest BCUT2D eigenvalue weighted by Gasteiger charge is -2.19. The summed E-state index contributed by atoms with van der Waals surface area (Å²) in [5.74, 6) is 1.83. The van der Waals surface area contributed by atoms with Crippen LogP contribution in [-0.4, -0.2) is 57.1 Å². The number of para-hydroxylation sites is 1. The first kappa shape index (κ1) is 30.8. The van der Waals surface area contributed by atoms with Crippen LogP contribution < -0.4 is 9.47 Å². The first-order valence-corrected chi connectivity index (χ1v) is 15.0. The summed E-state index contributed by atoms with van der Waals surface area (Å²) in [6.07, 6.45) is 12.6. The Labute approximate surface area is 236 Å². The van der Waals surface area contributed by atoms with Crippen LogP contribution in [-0.2, 0) is 22.3 Å². The average molecular weight is 540 g/mol. The van der Waals surface area contributed by atoms with Crippen molar-refractivity contribution in [3.05, 3.63) is 59.7 Å². The number of ether oxygens (including phenoxy) is 4. The molecule has 0 saturated carbocycles. The standard InChI is InChI=1S/C33H49NO5/c1-4-5-6-7-8-9-10-13-22-38-33(35)39-31-25-29(34(2)26-31)21-23-37-32-18-12-11-16-28(32)20-19-27-15-14-17-30(24-27)36-3/h11-12,14-18,24,29,31H,4-10,13,19-23,25-26H2,1-3H3/t29-,31-/m1/s1. The Morgan fingerprint density at radius 3 is 2.49 bits per heavy atom. The quantitative estimate of drug-likeness (QED) is 0.143. The SMILES string of the molecule is CCCCCCCCCCOC(=O)O[C@@H]1C[C@@H](CCOc2ccccc2CCc2cccc(OC)c2)N(C)C1. The lowest BCUT2D eigenvalue weighted by atomic mass is 10.0. The van der Waals surface area contributed by atoms with E-state index >= 15 is 0 Å². The van der Waals surface area contributed by atoms with Gasteiger partial charge in [0.1, 0.15) is 17.6 Å². The molecule has 0 radical (unpaired) electrons. The van der Waals surface area contributed by atoms with Crippen molar-refractivity contribution in [1.82, 2.24) is 4.90 Å². The van der Waals surface area contributed by atoms with Crippen LogP contribution in [0, 0.1) is 0 Å². The van der Waals surface area contributed by atoms with Crippen LogP contribution in [0.15, 0.2) is 48.5 Å². The summed E-state index contributed by atoms with van der Waals surface area (Å²) in [7, 11) is 3.78. The van der Waals surface area contributed by atoms with Crippen molar-refractivity contribution in [2.75, 3.05) is 33.9 Å². The molecular weight excluding hydrogens is 490 g/mol. The molecule has 2 aromatic rings. The second-order valence-electron chi connectivity index (χ2n) is 10.7. The number of nitrogens with zero attached hydrogens (tertiary/aromatic N) is 1. The number of likely N-dealkylation sites (tertiary alicyclic amines) is 1. The lowest BCUT2D eigenvalue weighted by Crippen LogP contribution is -2.27. The van der Waals surface area contributed by atoms with Crippen LogP contribution in [0.25, 0.3) is 0 Å². The van der Waals surface area contributed by atoms with E-state index in [-0.39, 0.29) is 6.10 Å². The van der Waals surface area contributed by atoms with Crippen LogP contribution in [0.2, 0.25) is 0 Å². The molecule has 0 amide bonds. The Kier molecular flexibility index (Phi) is 14.0. The highest BCUT2D eigenvalue weighted by molar-refractivity contribution is 5.60. The molecule has 1 fully saturated rings. The zero-order valence-electron chi connectivity index (χ0n) is 24.4. The molecule has 39 heavy (non-hydrogen) atoms. The Bertz CT molecular complexity index is 965. The number of hydrogen-bond acceptors (Lipinski definition) is 6. The Morgan fingerprint density at radius 1 is 0.923 bits per heavy atom. The first-order chi connectivity index (χ1) is 19.1. The van der Waals surface area contributed by atoms with Crippen LogP contribution in [0.4, 0.5) is 4.79 Å². The minimum absolute atomic E-state index is 0.124. The van der Waals surface area contributed by atoms with Crippen molar-refractivity contribution < 1.29 is 23.7 Å². The Hall–Kier alpha value is -2.73. The Morgan fingerprint density at radius 2 is 1.69 bits per heavy atom. The Balaban J connectivity index is 1.31. The van der Waals surface area contributed by atoms with Gasteiger partial charge in [-0.3, -0.25) is 4.90 Å². The van der Waals surface area contributed by atoms with Gasteiger partial charge in [-0.1, -0.05) is 82.2 Å². The van der Waals surface area contributed by atoms with E-state index in [0.29, 0.717) is 19.3 Å². The fraction of sp³-hybridized carbons (Fsp3) is 0.606. The molecule has 0 aromatic heterocycles. The molecule has 2 aromatic carbocycles. The topological polar surface area (TPSA) is 57.2 Å². The third-order valence-electron chi connectivity index (χ3n) is 7.63. The van der Waals surface area contributed by atoms with E-state index in [2.05, 4.69) is 43.1 Å². The second kappa shape index (κ2) is 17.8. The maximum atomic E-state index is 12.2. The van der Waals surface area contributed by atoms with Crippen LogP contribution in [0.3, 0.4) is 0 Å². The number of methoxy groups -OCH3 is 1. The van der Waals surface area contributed by atoms with Crippen molar-refractivity contribution in [1.29, 1.82) is 0 Å². The minimum atomic E-state index is -0.529. The maximum absolute atomic E-state index is 12.2. The zero-order chi connectivity index (χ0) is 27.7. The van der Waals surface area contributed by atoms with Gasteiger partial charge in [-0.2, -0.15) is 0 Å². The summed E-state index contributed by atoms with van der Waals surface area (Å²) >= 11 is 0. The molecule has 1 aliphatic heterocycles. The third-order valence-corrected chi connectivity index (χ3v) is 7.63. The van der Waals surface area contributed by atoms with Gasteiger partial charge >= 0.3 is 6.16 Å². The van der Waals surface area contributed by atoms with Gasteiger partial charge in [0.2, 0.25) is 0 Å². The molecule has 0 aliphatic carbocycles. The number of carbonyl (C=O) groups is 1. The fourth-order valence-electron chi connectivity index (χ4n) is 5.28. The highest BCUT2D eigenvalue weighted by atomic mass is 16.7. The van der Waals surface area contributed by atoms with E-state index in [9.17, 15) is 4.79 Å². The molecule has 6 nitrogen and oxygen atoms in total. The number of benzene rings is 2. The number of carbonyl (C=O) groups excluding carboxylic acids is 1. The van der Waals surface area contributed by atoms with E-state index < -0.39 is 6.16 Å². The summed E-state index contributed by atoms with van der Waals surface area (Å²) in [5.41, 5.74) is 2.46. The van der Waals surface area contributed by atoms with Gasteiger partial charge in [0.05, 0.1) is 20.3 Å². The van der Waals surface area contributed by atoms with Crippen LogP contribution in [0.5, 0.6) is 11.5 Å². The summed E-state index contributed by atoms with van der Waals surface area (Å²) in [6, 6.07) is 16.8. The number of unbranched alkanes of at least 4 members (excludes halogenated alkanes) is 7. The summed E-state index contributed by atoms with van der Waals surface area (Å²) < 4.78 is 22.5. The minimum Gasteiger partial charge on any atom is -0.497 e. The smallest absolute Gasteiger partial charge is 0.497 e. The average Bonchev–Trinajstić information content (AvgIpc) is 3.29. The molecular formula is C33H49NO5. The molecule has 0 unspecified atom stereocenters. The van der Waals surface area contributed by atoms with E-state index in [1.807, 2.05) is 24.3 Å². The highest BCUT2D eigenvalue weighted by Gasteiger charge is 2.32. The van der Waals surface area contributed by atoms with Crippen molar-refractivity contribution in [3.8, 4) is 11.5 Å². The normalized spacial score (nSPS) is 17.2. The molecule has 0 bridgehead atoms. The number of hydrogen-bond donors (Lipinski definition) is 0. The summed E-state index contributed by atoms with van der Waals surface area (Å²) in [5, 5.41) is 0. The van der Waals surface area contributed by atoms with Gasteiger partial charge in [0, 0.05) is 19.0 Å². The number of likely N-dealkylation sites (N-methyl/N-ethyl adjacent to an activating group) is 1. The second-order valence-corrected chi connectivity index (χ2v) is 10.7. The van der Waals surface area contributed by atoms with Gasteiger partial charge < -0.3 is 18.9 Å². The van der Waals surface area contributed by atoms with Crippen molar-refractivity contribution >= 4 is 6.16 Å². The van der Waals surface area contributed by atoms with Crippen LogP contribution in [0.1, 0.15) is 82.3 Å². The number of rotatable bonds is 18. The van der Waals surface area contributed by atoms with E-state index in [0.717, 1.165) is 56.6 Å². The number of aryl methyl sites for hydroxylation is 2. The van der Waals surface area contributed by atoms with Crippen molar-refractivity contribution in [3.63, 3.8) is 0 Å². The molecule has 3 rings (SSSR count). The fourth-order valence-corrected chi connectivity index (χ4v) is 5.28. The van der Waals surface area contributed by atoms with Gasteiger partial charge in [-0.25, -0.2) is 4.79 Å². The molecule has 0 N–H and O–H groups in total.